The molecule has 1 heterocycles. The molecule has 27 heavy (non-hydrogen) atoms. The zero-order chi connectivity index (χ0) is 19.8. The summed E-state index contributed by atoms with van der Waals surface area (Å²) >= 11 is 0. The topological polar surface area (TPSA) is 84.2 Å². The van der Waals surface area contributed by atoms with Crippen molar-refractivity contribution in [2.75, 3.05) is 0 Å². The molecular formula is C21H27N3O3. The third-order valence-corrected chi connectivity index (χ3v) is 4.93. The summed E-state index contributed by atoms with van der Waals surface area (Å²) in [7, 11) is 0. The number of nitrogens with zero attached hydrogens (tertiary/aromatic N) is 2. The van der Waals surface area contributed by atoms with Gasteiger partial charge in [-0.2, -0.15) is 5.10 Å². The summed E-state index contributed by atoms with van der Waals surface area (Å²) in [5, 5.41) is 17.1. The normalized spacial score (nSPS) is 21.8. The Morgan fingerprint density at radius 1 is 1.37 bits per heavy atom. The summed E-state index contributed by atoms with van der Waals surface area (Å²) in [6, 6.07) is 9.49. The zero-order valence-corrected chi connectivity index (χ0v) is 16.3. The van der Waals surface area contributed by atoms with Crippen LogP contribution in [0, 0.1) is 6.92 Å². The van der Waals surface area contributed by atoms with Crippen LogP contribution in [-0.4, -0.2) is 32.4 Å². The Hall–Kier alpha value is -2.47. The molecule has 0 atom stereocenters. The minimum Gasteiger partial charge on any atom is -0.390 e. The Kier molecular flexibility index (Phi) is 5.20. The van der Waals surface area contributed by atoms with E-state index in [4.69, 9.17) is 0 Å². The molecule has 1 aliphatic rings. The van der Waals surface area contributed by atoms with Gasteiger partial charge >= 0.3 is 0 Å². The second-order valence-corrected chi connectivity index (χ2v) is 8.13. The number of aromatic nitrogens is 2. The summed E-state index contributed by atoms with van der Waals surface area (Å²) in [4.78, 5) is 24.8. The Morgan fingerprint density at radius 3 is 2.67 bits per heavy atom. The van der Waals surface area contributed by atoms with Gasteiger partial charge in [0.15, 0.2) is 0 Å². The molecule has 0 bridgehead atoms. The molecule has 6 nitrogen and oxygen atoms in total. The monoisotopic (exact) mass is 369 g/mol. The molecule has 0 aliphatic heterocycles. The van der Waals surface area contributed by atoms with Crippen molar-refractivity contribution < 1.29 is 9.90 Å². The van der Waals surface area contributed by atoms with E-state index in [1.54, 1.807) is 13.0 Å². The van der Waals surface area contributed by atoms with Crippen molar-refractivity contribution in [3.05, 3.63) is 51.9 Å². The number of aryl methyl sites for hydroxylation is 1. The highest BCUT2D eigenvalue weighted by Crippen LogP contribution is 2.31. The van der Waals surface area contributed by atoms with Gasteiger partial charge in [-0.25, -0.2) is 4.68 Å². The van der Waals surface area contributed by atoms with Crippen LogP contribution in [0.4, 0.5) is 0 Å². The number of carbonyl (C=O) groups excluding carboxylic acids is 1. The maximum Gasteiger partial charge on any atom is 0.267 e. The van der Waals surface area contributed by atoms with Crippen molar-refractivity contribution in [3.8, 4) is 11.1 Å². The lowest BCUT2D eigenvalue weighted by molar-refractivity contribution is -0.125. The molecule has 0 unspecified atom stereocenters. The number of nitrogens with one attached hydrogen (secondary N) is 1. The molecule has 1 saturated carbocycles. The summed E-state index contributed by atoms with van der Waals surface area (Å²) in [6.07, 6.45) is 1.06. The van der Waals surface area contributed by atoms with E-state index in [2.05, 4.69) is 10.4 Å². The second kappa shape index (κ2) is 7.27. The highest BCUT2D eigenvalue weighted by Gasteiger charge is 2.39. The van der Waals surface area contributed by atoms with Crippen molar-refractivity contribution >= 4 is 5.91 Å². The van der Waals surface area contributed by atoms with Gasteiger partial charge in [0.2, 0.25) is 5.91 Å². The molecule has 6 heteroatoms. The van der Waals surface area contributed by atoms with E-state index in [0.29, 0.717) is 12.8 Å². The first-order valence-electron chi connectivity index (χ1n) is 9.35. The number of benzene rings is 1. The van der Waals surface area contributed by atoms with Gasteiger partial charge in [-0.1, -0.05) is 43.7 Å². The van der Waals surface area contributed by atoms with Crippen molar-refractivity contribution in [3.63, 3.8) is 0 Å². The van der Waals surface area contributed by atoms with Gasteiger partial charge in [0.25, 0.3) is 5.56 Å². The Morgan fingerprint density at radius 2 is 2.07 bits per heavy atom. The van der Waals surface area contributed by atoms with Crippen molar-refractivity contribution in [2.24, 2.45) is 0 Å². The lowest BCUT2D eigenvalue weighted by Crippen LogP contribution is -2.54. The quantitative estimate of drug-likeness (QED) is 0.847. The average molecular weight is 369 g/mol. The van der Waals surface area contributed by atoms with E-state index in [-0.39, 0.29) is 30.0 Å². The predicted octanol–water partition coefficient (Wildman–Crippen LogP) is 2.37. The van der Waals surface area contributed by atoms with Crippen molar-refractivity contribution in [1.29, 1.82) is 0 Å². The first kappa shape index (κ1) is 19.3. The molecule has 0 spiro atoms. The van der Waals surface area contributed by atoms with E-state index in [0.717, 1.165) is 22.4 Å². The predicted molar refractivity (Wildman–Crippen MR) is 105 cm³/mol. The minimum atomic E-state index is -0.701. The Bertz CT molecular complexity index is 907. The molecule has 2 N–H and O–H groups in total. The van der Waals surface area contributed by atoms with Crippen LogP contribution < -0.4 is 10.9 Å². The van der Waals surface area contributed by atoms with E-state index < -0.39 is 5.60 Å². The molecule has 0 radical (unpaired) electrons. The first-order valence-corrected chi connectivity index (χ1v) is 9.35. The maximum absolute atomic E-state index is 12.6. The molecular weight excluding hydrogens is 342 g/mol. The molecule has 2 aromatic rings. The maximum atomic E-state index is 12.6. The number of rotatable bonds is 5. The molecule has 1 aliphatic carbocycles. The van der Waals surface area contributed by atoms with Crippen LogP contribution in [0.5, 0.6) is 0 Å². The van der Waals surface area contributed by atoms with Gasteiger partial charge < -0.3 is 10.4 Å². The molecule has 1 amide bonds. The number of hydrogen-bond acceptors (Lipinski definition) is 4. The highest BCUT2D eigenvalue weighted by molar-refractivity contribution is 5.76. The second-order valence-electron chi connectivity index (χ2n) is 8.13. The summed E-state index contributed by atoms with van der Waals surface area (Å²) in [5.41, 5.74) is 2.67. The minimum absolute atomic E-state index is 0.0423. The average Bonchev–Trinajstić information content (AvgIpc) is 2.54. The summed E-state index contributed by atoms with van der Waals surface area (Å²) in [5.74, 6) is -0.153. The smallest absolute Gasteiger partial charge is 0.267 e. The van der Waals surface area contributed by atoms with Gasteiger partial charge in [-0.3, -0.25) is 9.59 Å². The SMILES string of the molecule is Cc1cccc(-c2cc(=O)n(CC(=O)NC3CC(C)(O)C3)nc2C(C)C)c1. The standard InChI is InChI=1S/C21H27N3O3/c1-13(2)20-17(15-7-5-6-14(3)8-15)9-19(26)24(23-20)12-18(25)22-16-10-21(4,27)11-16/h5-9,13,16,27H,10-12H2,1-4H3,(H,22,25). The van der Waals surface area contributed by atoms with E-state index in [1.165, 1.54) is 4.68 Å². The molecule has 3 rings (SSSR count). The number of aliphatic hydroxyl groups is 1. The first-order chi connectivity index (χ1) is 12.6. The van der Waals surface area contributed by atoms with E-state index >= 15 is 0 Å². The van der Waals surface area contributed by atoms with Crippen molar-refractivity contribution in [1.82, 2.24) is 15.1 Å². The Labute approximate surface area is 159 Å². The van der Waals surface area contributed by atoms with Crippen LogP contribution >= 0.6 is 0 Å². The number of carbonyl (C=O) groups is 1. The molecule has 1 fully saturated rings. The van der Waals surface area contributed by atoms with Gasteiger partial charge in [-0.05, 0) is 38.2 Å². The molecule has 1 aromatic carbocycles. The number of amides is 1. The van der Waals surface area contributed by atoms with Crippen LogP contribution in [0.3, 0.4) is 0 Å². The Balaban J connectivity index is 1.84. The van der Waals surface area contributed by atoms with Gasteiger partial charge in [0.05, 0.1) is 11.3 Å². The van der Waals surface area contributed by atoms with Crippen LogP contribution in [0.25, 0.3) is 11.1 Å². The largest absolute Gasteiger partial charge is 0.390 e. The van der Waals surface area contributed by atoms with Crippen LogP contribution in [-0.2, 0) is 11.3 Å². The summed E-state index contributed by atoms with van der Waals surface area (Å²) < 4.78 is 1.22. The molecule has 0 saturated heterocycles. The van der Waals surface area contributed by atoms with Gasteiger partial charge in [0, 0.05) is 17.7 Å². The van der Waals surface area contributed by atoms with Crippen molar-refractivity contribution in [2.45, 2.75) is 64.6 Å². The van der Waals surface area contributed by atoms with Gasteiger partial charge in [0.1, 0.15) is 6.54 Å². The third kappa shape index (κ3) is 4.45. The molecule has 1 aromatic heterocycles. The highest BCUT2D eigenvalue weighted by atomic mass is 16.3. The van der Waals surface area contributed by atoms with Gasteiger partial charge in [-0.15, -0.1) is 0 Å². The molecule has 144 valence electrons. The summed E-state index contributed by atoms with van der Waals surface area (Å²) in [6.45, 7) is 7.68. The van der Waals surface area contributed by atoms with Crippen LogP contribution in [0.15, 0.2) is 35.1 Å². The number of hydrogen-bond donors (Lipinski definition) is 2. The fraction of sp³-hybridized carbons (Fsp3) is 0.476. The van der Waals surface area contributed by atoms with Crippen LogP contribution in [0.1, 0.15) is 50.8 Å². The van der Waals surface area contributed by atoms with E-state index in [9.17, 15) is 14.7 Å². The lowest BCUT2D eigenvalue weighted by atomic mass is 9.77. The third-order valence-electron chi connectivity index (χ3n) is 4.93. The van der Waals surface area contributed by atoms with Crippen LogP contribution in [0.2, 0.25) is 0 Å². The zero-order valence-electron chi connectivity index (χ0n) is 16.3. The lowest BCUT2D eigenvalue weighted by Gasteiger charge is -2.41. The fourth-order valence-corrected chi connectivity index (χ4v) is 3.60. The fourth-order valence-electron chi connectivity index (χ4n) is 3.60. The van der Waals surface area contributed by atoms with E-state index in [1.807, 2.05) is 45.0 Å².